The molecular weight excluding hydrogens is 264 g/mol. The smallest absolute Gasteiger partial charge is 0.327 e. The Labute approximate surface area is 128 Å². The molecule has 0 heterocycles. The largest absolute Gasteiger partial charge is 0.465 e. The van der Waals surface area contributed by atoms with Gasteiger partial charge in [0.05, 0.1) is 6.61 Å². The van der Waals surface area contributed by atoms with Crippen LogP contribution >= 0.6 is 0 Å². The van der Waals surface area contributed by atoms with Crippen molar-refractivity contribution in [3.8, 4) is 0 Å². The van der Waals surface area contributed by atoms with Crippen molar-refractivity contribution in [2.45, 2.75) is 40.2 Å². The van der Waals surface area contributed by atoms with E-state index >= 15 is 0 Å². The highest BCUT2D eigenvalue weighted by atomic mass is 16.5. The maximum absolute atomic E-state index is 12.2. The summed E-state index contributed by atoms with van der Waals surface area (Å²) in [6.45, 7) is 11.6. The fourth-order valence-electron chi connectivity index (χ4n) is 2.67. The summed E-state index contributed by atoms with van der Waals surface area (Å²) in [7, 11) is 2.01. The van der Waals surface area contributed by atoms with Crippen molar-refractivity contribution in [1.82, 2.24) is 5.32 Å². The van der Waals surface area contributed by atoms with E-state index in [0.29, 0.717) is 13.2 Å². The van der Waals surface area contributed by atoms with E-state index < -0.39 is 5.54 Å². The third-order valence-electron chi connectivity index (χ3n) is 3.61. The lowest BCUT2D eigenvalue weighted by molar-refractivity contribution is -0.150. The molecular formula is C17H28N2O2. The Balaban J connectivity index is 2.94. The van der Waals surface area contributed by atoms with Crippen LogP contribution in [0, 0.1) is 13.8 Å². The molecule has 0 bridgehead atoms. The number of carbonyl (C=O) groups excluding carboxylic acids is 1. The van der Waals surface area contributed by atoms with E-state index in [1.165, 1.54) is 11.1 Å². The Morgan fingerprint density at radius 3 is 2.52 bits per heavy atom. The number of rotatable bonds is 7. The highest BCUT2D eigenvalue weighted by molar-refractivity contribution is 5.81. The maximum atomic E-state index is 12.2. The minimum atomic E-state index is -0.711. The Morgan fingerprint density at radius 2 is 2.00 bits per heavy atom. The number of hydrogen-bond donors (Lipinski definition) is 1. The van der Waals surface area contributed by atoms with Gasteiger partial charge < -0.3 is 15.0 Å². The van der Waals surface area contributed by atoms with Gasteiger partial charge in [0, 0.05) is 19.3 Å². The summed E-state index contributed by atoms with van der Waals surface area (Å²) in [4.78, 5) is 14.4. The van der Waals surface area contributed by atoms with Crippen molar-refractivity contribution < 1.29 is 9.53 Å². The lowest BCUT2D eigenvalue weighted by Crippen LogP contribution is -2.57. The first-order valence-corrected chi connectivity index (χ1v) is 7.54. The van der Waals surface area contributed by atoms with Crippen LogP contribution in [0.1, 0.15) is 31.9 Å². The van der Waals surface area contributed by atoms with Crippen molar-refractivity contribution in [2.24, 2.45) is 0 Å². The van der Waals surface area contributed by atoms with Crippen molar-refractivity contribution >= 4 is 11.7 Å². The molecule has 4 heteroatoms. The number of likely N-dealkylation sites (N-methyl/N-ethyl adjacent to an activating group) is 2. The van der Waals surface area contributed by atoms with Crippen molar-refractivity contribution in [3.63, 3.8) is 0 Å². The topological polar surface area (TPSA) is 41.6 Å². The van der Waals surface area contributed by atoms with Gasteiger partial charge in [-0.2, -0.15) is 0 Å². The van der Waals surface area contributed by atoms with Crippen LogP contribution in [0.25, 0.3) is 0 Å². The molecule has 1 unspecified atom stereocenters. The average molecular weight is 292 g/mol. The van der Waals surface area contributed by atoms with Gasteiger partial charge in [-0.1, -0.05) is 24.6 Å². The van der Waals surface area contributed by atoms with Crippen molar-refractivity contribution in [2.75, 3.05) is 31.6 Å². The molecule has 0 spiro atoms. The first-order chi connectivity index (χ1) is 9.84. The standard InChI is InChI=1S/C17H28N2O2/c1-7-18-17(5,16(20)21-8-2)12-19(6)15-10-9-13(3)11-14(15)4/h9-11,18H,7-8,12H2,1-6H3. The molecule has 0 saturated heterocycles. The number of esters is 1. The van der Waals surface area contributed by atoms with Gasteiger partial charge in [-0.25, -0.2) is 4.79 Å². The van der Waals surface area contributed by atoms with Crippen LogP contribution in [0.4, 0.5) is 5.69 Å². The Morgan fingerprint density at radius 1 is 1.33 bits per heavy atom. The Bertz CT molecular complexity index is 488. The van der Waals surface area contributed by atoms with Gasteiger partial charge >= 0.3 is 5.97 Å². The predicted molar refractivity (Wildman–Crippen MR) is 87.9 cm³/mol. The summed E-state index contributed by atoms with van der Waals surface area (Å²) < 4.78 is 5.22. The fraction of sp³-hybridized carbons (Fsp3) is 0.588. The second kappa shape index (κ2) is 7.46. The number of aryl methyl sites for hydroxylation is 2. The normalized spacial score (nSPS) is 13.6. The van der Waals surface area contributed by atoms with E-state index in [1.54, 1.807) is 0 Å². The molecule has 118 valence electrons. The van der Waals surface area contributed by atoms with E-state index in [-0.39, 0.29) is 5.97 Å². The van der Waals surface area contributed by atoms with Gasteiger partial charge in [0.15, 0.2) is 0 Å². The van der Waals surface area contributed by atoms with Gasteiger partial charge in [0.2, 0.25) is 0 Å². The molecule has 0 aliphatic rings. The molecule has 0 saturated carbocycles. The molecule has 1 rings (SSSR count). The summed E-state index contributed by atoms with van der Waals surface area (Å²) in [6, 6.07) is 6.34. The minimum Gasteiger partial charge on any atom is -0.465 e. The van der Waals surface area contributed by atoms with Crippen LogP contribution in [0.15, 0.2) is 18.2 Å². The van der Waals surface area contributed by atoms with Gasteiger partial charge in [-0.05, 0) is 45.9 Å². The lowest BCUT2D eigenvalue weighted by Gasteiger charge is -2.34. The molecule has 1 aromatic carbocycles. The Hall–Kier alpha value is -1.55. The lowest BCUT2D eigenvalue weighted by atomic mass is 10.0. The molecule has 4 nitrogen and oxygen atoms in total. The SMILES string of the molecule is CCNC(C)(CN(C)c1ccc(C)cc1C)C(=O)OCC. The zero-order valence-electron chi connectivity index (χ0n) is 14.1. The highest BCUT2D eigenvalue weighted by Gasteiger charge is 2.35. The van der Waals surface area contributed by atoms with E-state index in [2.05, 4.69) is 42.3 Å². The first kappa shape index (κ1) is 17.5. The van der Waals surface area contributed by atoms with Crippen LogP contribution in [0.3, 0.4) is 0 Å². The molecule has 1 aromatic rings. The monoisotopic (exact) mass is 292 g/mol. The number of nitrogens with one attached hydrogen (secondary N) is 1. The second-order valence-corrected chi connectivity index (χ2v) is 5.73. The van der Waals surface area contributed by atoms with E-state index in [1.807, 2.05) is 27.8 Å². The molecule has 0 radical (unpaired) electrons. The van der Waals surface area contributed by atoms with Crippen molar-refractivity contribution in [3.05, 3.63) is 29.3 Å². The number of benzene rings is 1. The summed E-state index contributed by atoms with van der Waals surface area (Å²) in [6.07, 6.45) is 0. The zero-order chi connectivity index (χ0) is 16.0. The second-order valence-electron chi connectivity index (χ2n) is 5.73. The van der Waals surface area contributed by atoms with Crippen LogP contribution < -0.4 is 10.2 Å². The number of anilines is 1. The van der Waals surface area contributed by atoms with E-state index in [0.717, 1.165) is 12.2 Å². The summed E-state index contributed by atoms with van der Waals surface area (Å²) >= 11 is 0. The van der Waals surface area contributed by atoms with Gasteiger partial charge in [-0.15, -0.1) is 0 Å². The van der Waals surface area contributed by atoms with Crippen LogP contribution in [-0.2, 0) is 9.53 Å². The first-order valence-electron chi connectivity index (χ1n) is 7.54. The number of nitrogens with zero attached hydrogens (tertiary/aromatic N) is 1. The third-order valence-corrected chi connectivity index (χ3v) is 3.61. The molecule has 1 N–H and O–H groups in total. The highest BCUT2D eigenvalue weighted by Crippen LogP contribution is 2.22. The van der Waals surface area contributed by atoms with Crippen molar-refractivity contribution in [1.29, 1.82) is 0 Å². The molecule has 0 aliphatic carbocycles. The van der Waals surface area contributed by atoms with Gasteiger partial charge in [0.25, 0.3) is 0 Å². The molecule has 0 aliphatic heterocycles. The average Bonchev–Trinajstić information content (AvgIpc) is 2.38. The Kier molecular flexibility index (Phi) is 6.21. The number of carbonyl (C=O) groups is 1. The van der Waals surface area contributed by atoms with E-state index in [4.69, 9.17) is 4.74 Å². The summed E-state index contributed by atoms with van der Waals surface area (Å²) in [5, 5.41) is 3.26. The number of hydrogen-bond acceptors (Lipinski definition) is 4. The molecule has 1 atom stereocenters. The molecule has 0 amide bonds. The summed E-state index contributed by atoms with van der Waals surface area (Å²) in [5.74, 6) is -0.205. The quantitative estimate of drug-likeness (QED) is 0.785. The fourth-order valence-corrected chi connectivity index (χ4v) is 2.67. The van der Waals surface area contributed by atoms with Gasteiger partial charge in [-0.3, -0.25) is 0 Å². The third kappa shape index (κ3) is 4.46. The van der Waals surface area contributed by atoms with Gasteiger partial charge in [0.1, 0.15) is 5.54 Å². The molecule has 0 fully saturated rings. The van der Waals surface area contributed by atoms with E-state index in [9.17, 15) is 4.79 Å². The van der Waals surface area contributed by atoms with Crippen LogP contribution in [-0.4, -0.2) is 38.3 Å². The summed E-state index contributed by atoms with van der Waals surface area (Å²) in [5.41, 5.74) is 2.87. The maximum Gasteiger partial charge on any atom is 0.327 e. The molecule has 0 aromatic heterocycles. The minimum absolute atomic E-state index is 0.205. The predicted octanol–water partition coefficient (Wildman–Crippen LogP) is 2.67. The van der Waals surface area contributed by atoms with Crippen LogP contribution in [0.2, 0.25) is 0 Å². The number of ether oxygens (including phenoxy) is 1. The molecule has 21 heavy (non-hydrogen) atoms. The van der Waals surface area contributed by atoms with Crippen LogP contribution in [0.5, 0.6) is 0 Å². The zero-order valence-corrected chi connectivity index (χ0v) is 14.1.